The van der Waals surface area contributed by atoms with E-state index in [1.165, 1.54) is 6.07 Å². The highest BCUT2D eigenvalue weighted by Crippen LogP contribution is 2.28. The summed E-state index contributed by atoms with van der Waals surface area (Å²) in [6, 6.07) is 11.5. The summed E-state index contributed by atoms with van der Waals surface area (Å²) in [4.78, 5) is 15.1. The maximum absolute atomic E-state index is 12.6. The SMILES string of the molecule is CC1CNCCN1C(=O)c1ccc(S(=O)(=O)c2ccccc2)s1. The highest BCUT2D eigenvalue weighted by Gasteiger charge is 2.27. The summed E-state index contributed by atoms with van der Waals surface area (Å²) in [5.41, 5.74) is 0. The molecule has 0 spiro atoms. The molecular formula is C16H18N2O3S2. The molecular weight excluding hydrogens is 332 g/mol. The average Bonchev–Trinajstić information content (AvgIpc) is 3.06. The van der Waals surface area contributed by atoms with Crippen LogP contribution in [0.3, 0.4) is 0 Å². The number of thiophene rings is 1. The Hall–Kier alpha value is -1.70. The summed E-state index contributed by atoms with van der Waals surface area (Å²) in [6.07, 6.45) is 0. The second kappa shape index (κ2) is 6.43. The van der Waals surface area contributed by atoms with Crippen LogP contribution in [-0.2, 0) is 9.84 Å². The number of carbonyl (C=O) groups excluding carboxylic acids is 1. The summed E-state index contributed by atoms with van der Waals surface area (Å²) < 4.78 is 25.4. The van der Waals surface area contributed by atoms with Crippen molar-refractivity contribution in [2.45, 2.75) is 22.1 Å². The largest absolute Gasteiger partial charge is 0.333 e. The summed E-state index contributed by atoms with van der Waals surface area (Å²) in [7, 11) is -3.56. The summed E-state index contributed by atoms with van der Waals surface area (Å²) in [5.74, 6) is -0.0986. The number of nitrogens with zero attached hydrogens (tertiary/aromatic N) is 1. The molecule has 122 valence electrons. The number of rotatable bonds is 3. The van der Waals surface area contributed by atoms with Crippen LogP contribution in [0.5, 0.6) is 0 Å². The van der Waals surface area contributed by atoms with Crippen molar-refractivity contribution in [2.24, 2.45) is 0 Å². The highest BCUT2D eigenvalue weighted by molar-refractivity contribution is 7.93. The summed E-state index contributed by atoms with van der Waals surface area (Å²) in [6.45, 7) is 4.14. The first-order valence-corrected chi connectivity index (χ1v) is 9.72. The van der Waals surface area contributed by atoms with E-state index in [0.717, 1.165) is 24.4 Å². The molecule has 2 aromatic rings. The van der Waals surface area contributed by atoms with Crippen molar-refractivity contribution in [1.82, 2.24) is 10.2 Å². The molecule has 5 nitrogen and oxygen atoms in total. The molecule has 1 fully saturated rings. The van der Waals surface area contributed by atoms with Gasteiger partial charge in [0, 0.05) is 25.7 Å². The van der Waals surface area contributed by atoms with E-state index < -0.39 is 9.84 Å². The van der Waals surface area contributed by atoms with Gasteiger partial charge < -0.3 is 10.2 Å². The molecule has 1 unspecified atom stereocenters. The standard InChI is InChI=1S/C16H18N2O3S2/c1-12-11-17-9-10-18(12)16(19)14-7-8-15(22-14)23(20,21)13-5-3-2-4-6-13/h2-8,12,17H,9-11H2,1H3. The molecule has 2 heterocycles. The molecule has 1 atom stereocenters. The van der Waals surface area contributed by atoms with Gasteiger partial charge in [-0.15, -0.1) is 11.3 Å². The van der Waals surface area contributed by atoms with Gasteiger partial charge in [-0.1, -0.05) is 18.2 Å². The Bertz CT molecular complexity index is 800. The van der Waals surface area contributed by atoms with Gasteiger partial charge in [0.2, 0.25) is 9.84 Å². The Labute approximate surface area is 139 Å². The van der Waals surface area contributed by atoms with Crippen molar-refractivity contribution in [3.05, 3.63) is 47.3 Å². The molecule has 7 heteroatoms. The third-order valence-electron chi connectivity index (χ3n) is 3.87. The van der Waals surface area contributed by atoms with E-state index in [2.05, 4.69) is 5.32 Å². The molecule has 1 saturated heterocycles. The zero-order chi connectivity index (χ0) is 16.4. The molecule has 3 rings (SSSR count). The predicted octanol–water partition coefficient (Wildman–Crippen LogP) is 2.01. The Balaban J connectivity index is 1.87. The van der Waals surface area contributed by atoms with Crippen molar-refractivity contribution in [2.75, 3.05) is 19.6 Å². The van der Waals surface area contributed by atoms with Crippen LogP contribution in [0.15, 0.2) is 51.6 Å². The third kappa shape index (κ3) is 3.17. The van der Waals surface area contributed by atoms with Crippen molar-refractivity contribution in [3.63, 3.8) is 0 Å². The van der Waals surface area contributed by atoms with Gasteiger partial charge in [-0.2, -0.15) is 0 Å². The number of nitrogens with one attached hydrogen (secondary N) is 1. The molecule has 1 aliphatic heterocycles. The first-order valence-electron chi connectivity index (χ1n) is 7.42. The molecule has 1 N–H and O–H groups in total. The van der Waals surface area contributed by atoms with Gasteiger partial charge in [0.05, 0.1) is 9.77 Å². The van der Waals surface area contributed by atoms with Gasteiger partial charge in [-0.05, 0) is 31.2 Å². The number of piperazine rings is 1. The molecule has 1 amide bonds. The lowest BCUT2D eigenvalue weighted by Crippen LogP contribution is -2.52. The van der Waals surface area contributed by atoms with Gasteiger partial charge >= 0.3 is 0 Å². The maximum Gasteiger partial charge on any atom is 0.264 e. The lowest BCUT2D eigenvalue weighted by atomic mass is 10.2. The molecule has 23 heavy (non-hydrogen) atoms. The Morgan fingerprint density at radius 2 is 1.96 bits per heavy atom. The fourth-order valence-corrected chi connectivity index (χ4v) is 5.26. The number of amides is 1. The van der Waals surface area contributed by atoms with Crippen LogP contribution < -0.4 is 5.32 Å². The number of benzene rings is 1. The van der Waals surface area contributed by atoms with Crippen LogP contribution in [0, 0.1) is 0 Å². The fourth-order valence-electron chi connectivity index (χ4n) is 2.58. The topological polar surface area (TPSA) is 66.5 Å². The van der Waals surface area contributed by atoms with Crippen molar-refractivity contribution < 1.29 is 13.2 Å². The van der Waals surface area contributed by atoms with E-state index in [0.29, 0.717) is 11.4 Å². The van der Waals surface area contributed by atoms with Gasteiger partial charge in [0.15, 0.2) is 0 Å². The van der Waals surface area contributed by atoms with E-state index >= 15 is 0 Å². The Morgan fingerprint density at radius 3 is 2.65 bits per heavy atom. The quantitative estimate of drug-likeness (QED) is 0.920. The lowest BCUT2D eigenvalue weighted by Gasteiger charge is -2.33. The zero-order valence-electron chi connectivity index (χ0n) is 12.7. The van der Waals surface area contributed by atoms with Gasteiger partial charge in [-0.25, -0.2) is 8.42 Å². The van der Waals surface area contributed by atoms with Crippen LogP contribution in [0.25, 0.3) is 0 Å². The minimum absolute atomic E-state index is 0.0986. The summed E-state index contributed by atoms with van der Waals surface area (Å²) in [5, 5.41) is 3.24. The highest BCUT2D eigenvalue weighted by atomic mass is 32.2. The number of hydrogen-bond acceptors (Lipinski definition) is 5. The monoisotopic (exact) mass is 350 g/mol. The van der Waals surface area contributed by atoms with Crippen molar-refractivity contribution in [3.8, 4) is 0 Å². The van der Waals surface area contributed by atoms with Crippen LogP contribution in [0.1, 0.15) is 16.6 Å². The van der Waals surface area contributed by atoms with E-state index in [9.17, 15) is 13.2 Å². The minimum atomic E-state index is -3.56. The second-order valence-corrected chi connectivity index (χ2v) is 8.75. The van der Waals surface area contributed by atoms with Crippen LogP contribution in [0.2, 0.25) is 0 Å². The number of carbonyl (C=O) groups is 1. The van der Waals surface area contributed by atoms with E-state index in [4.69, 9.17) is 0 Å². The van der Waals surface area contributed by atoms with Crippen LogP contribution >= 0.6 is 11.3 Å². The summed E-state index contributed by atoms with van der Waals surface area (Å²) >= 11 is 1.04. The first kappa shape index (κ1) is 16.2. The first-order chi connectivity index (χ1) is 11.0. The number of hydrogen-bond donors (Lipinski definition) is 1. The van der Waals surface area contributed by atoms with Crippen LogP contribution in [0.4, 0.5) is 0 Å². The smallest absolute Gasteiger partial charge is 0.264 e. The molecule has 0 saturated carbocycles. The maximum atomic E-state index is 12.6. The average molecular weight is 350 g/mol. The lowest BCUT2D eigenvalue weighted by molar-refractivity contribution is 0.0661. The predicted molar refractivity (Wildman–Crippen MR) is 89.6 cm³/mol. The van der Waals surface area contributed by atoms with Gasteiger partial charge in [0.25, 0.3) is 5.91 Å². The second-order valence-electron chi connectivity index (χ2n) is 5.49. The molecule has 0 aliphatic carbocycles. The molecule has 1 aromatic heterocycles. The number of sulfone groups is 1. The molecule has 1 aliphatic rings. The van der Waals surface area contributed by atoms with Crippen molar-refractivity contribution in [1.29, 1.82) is 0 Å². The molecule has 1 aromatic carbocycles. The van der Waals surface area contributed by atoms with E-state index in [-0.39, 0.29) is 21.1 Å². The third-order valence-corrected chi connectivity index (χ3v) is 7.21. The van der Waals surface area contributed by atoms with Crippen LogP contribution in [-0.4, -0.2) is 44.9 Å². The zero-order valence-corrected chi connectivity index (χ0v) is 14.4. The Morgan fingerprint density at radius 1 is 1.22 bits per heavy atom. The van der Waals surface area contributed by atoms with Crippen molar-refractivity contribution >= 4 is 27.1 Å². The Kier molecular flexibility index (Phi) is 4.52. The fraction of sp³-hybridized carbons (Fsp3) is 0.312. The normalized spacial score (nSPS) is 18.8. The van der Waals surface area contributed by atoms with Gasteiger partial charge in [0.1, 0.15) is 4.21 Å². The molecule has 0 radical (unpaired) electrons. The minimum Gasteiger partial charge on any atom is -0.333 e. The van der Waals surface area contributed by atoms with E-state index in [1.807, 2.05) is 6.92 Å². The molecule has 0 bridgehead atoms. The van der Waals surface area contributed by atoms with E-state index in [1.54, 1.807) is 41.3 Å². The van der Waals surface area contributed by atoms with Gasteiger partial charge in [-0.3, -0.25) is 4.79 Å².